The molecule has 0 bridgehead atoms. The van der Waals surface area contributed by atoms with Gasteiger partial charge < -0.3 is 15.1 Å². The summed E-state index contributed by atoms with van der Waals surface area (Å²) in [6.45, 7) is 6.92. The third-order valence-electron chi connectivity index (χ3n) is 4.65. The topological polar surface area (TPSA) is 52.7 Å². The van der Waals surface area contributed by atoms with Gasteiger partial charge in [-0.2, -0.15) is 0 Å². The molecular weight excluding hydrogens is 302 g/mol. The molecule has 2 heterocycles. The maximum absolute atomic E-state index is 12.4. The molecular formula is C16H30ClN3O2. The molecule has 0 aromatic rings. The Kier molecular flexibility index (Phi) is 8.79. The number of hydrogen-bond donors (Lipinski definition) is 1. The summed E-state index contributed by atoms with van der Waals surface area (Å²) in [4.78, 5) is 28.0. The minimum absolute atomic E-state index is 0. The van der Waals surface area contributed by atoms with E-state index < -0.39 is 0 Å². The third-order valence-corrected chi connectivity index (χ3v) is 4.65. The van der Waals surface area contributed by atoms with Gasteiger partial charge in [-0.15, -0.1) is 12.4 Å². The second kappa shape index (κ2) is 10.1. The van der Waals surface area contributed by atoms with E-state index >= 15 is 0 Å². The van der Waals surface area contributed by atoms with Crippen LogP contribution in [-0.2, 0) is 9.59 Å². The number of rotatable bonds is 5. The van der Waals surface area contributed by atoms with Gasteiger partial charge in [0.2, 0.25) is 11.8 Å². The summed E-state index contributed by atoms with van der Waals surface area (Å²) in [5, 5.41) is 3.38. The highest BCUT2D eigenvalue weighted by molar-refractivity contribution is 5.85. The number of carbonyl (C=O) groups excluding carboxylic acids is 2. The average molecular weight is 332 g/mol. The van der Waals surface area contributed by atoms with Gasteiger partial charge in [0.15, 0.2) is 0 Å². The summed E-state index contributed by atoms with van der Waals surface area (Å²) >= 11 is 0. The van der Waals surface area contributed by atoms with E-state index in [2.05, 4.69) is 12.2 Å². The Balaban J connectivity index is 0.00000242. The molecule has 0 aromatic carbocycles. The molecule has 0 unspecified atom stereocenters. The lowest BCUT2D eigenvalue weighted by Gasteiger charge is -2.33. The average Bonchev–Trinajstić information content (AvgIpc) is 2.70. The molecule has 0 radical (unpaired) electrons. The van der Waals surface area contributed by atoms with Crippen LogP contribution in [0.4, 0.5) is 0 Å². The zero-order valence-electron chi connectivity index (χ0n) is 13.7. The Bertz CT molecular complexity index is 357. The van der Waals surface area contributed by atoms with Crippen LogP contribution in [0, 0.1) is 5.92 Å². The molecule has 0 saturated carbocycles. The third kappa shape index (κ3) is 5.76. The standard InChI is InChI=1S/C16H29N3O2.ClH/c1-2-17-12-14-7-10-18(11-8-14)16(21)13-19-9-5-3-4-6-15(19)20;/h14,17H,2-13H2,1H3;1H. The van der Waals surface area contributed by atoms with Crippen LogP contribution in [-0.4, -0.2) is 60.9 Å². The second-order valence-electron chi connectivity index (χ2n) is 6.26. The Morgan fingerprint density at radius 3 is 2.59 bits per heavy atom. The summed E-state index contributed by atoms with van der Waals surface area (Å²) in [5.41, 5.74) is 0. The molecule has 0 aliphatic carbocycles. The molecule has 2 saturated heterocycles. The van der Waals surface area contributed by atoms with Crippen molar-refractivity contribution in [1.29, 1.82) is 0 Å². The van der Waals surface area contributed by atoms with Crippen LogP contribution in [0.5, 0.6) is 0 Å². The lowest BCUT2D eigenvalue weighted by Crippen LogP contribution is -2.46. The first kappa shape index (κ1) is 19.2. The van der Waals surface area contributed by atoms with E-state index in [9.17, 15) is 9.59 Å². The summed E-state index contributed by atoms with van der Waals surface area (Å²) in [6.07, 6.45) is 5.87. The van der Waals surface area contributed by atoms with Gasteiger partial charge in [-0.3, -0.25) is 9.59 Å². The summed E-state index contributed by atoms with van der Waals surface area (Å²) in [7, 11) is 0. The predicted octanol–water partition coefficient (Wildman–Crippen LogP) is 1.66. The summed E-state index contributed by atoms with van der Waals surface area (Å²) < 4.78 is 0. The van der Waals surface area contributed by atoms with E-state index in [4.69, 9.17) is 0 Å². The lowest BCUT2D eigenvalue weighted by molar-refractivity contribution is -0.141. The van der Waals surface area contributed by atoms with Gasteiger partial charge in [0.1, 0.15) is 0 Å². The van der Waals surface area contributed by atoms with Crippen molar-refractivity contribution in [2.75, 3.05) is 39.3 Å². The number of halogens is 1. The molecule has 2 fully saturated rings. The van der Waals surface area contributed by atoms with Crippen molar-refractivity contribution >= 4 is 24.2 Å². The van der Waals surface area contributed by atoms with Gasteiger partial charge in [-0.1, -0.05) is 13.3 Å². The molecule has 22 heavy (non-hydrogen) atoms. The van der Waals surface area contributed by atoms with E-state index in [-0.39, 0.29) is 30.8 Å². The van der Waals surface area contributed by atoms with Crippen LogP contribution in [0.15, 0.2) is 0 Å². The van der Waals surface area contributed by atoms with Crippen molar-refractivity contribution in [3.8, 4) is 0 Å². The minimum Gasteiger partial charge on any atom is -0.341 e. The molecule has 6 heteroatoms. The molecule has 2 rings (SSSR count). The Hall–Kier alpha value is -0.810. The Morgan fingerprint density at radius 2 is 1.91 bits per heavy atom. The van der Waals surface area contributed by atoms with E-state index in [0.29, 0.717) is 12.3 Å². The van der Waals surface area contributed by atoms with E-state index in [0.717, 1.165) is 64.8 Å². The van der Waals surface area contributed by atoms with Gasteiger partial charge >= 0.3 is 0 Å². The van der Waals surface area contributed by atoms with Crippen LogP contribution < -0.4 is 5.32 Å². The van der Waals surface area contributed by atoms with Crippen LogP contribution in [0.25, 0.3) is 0 Å². The fraction of sp³-hybridized carbons (Fsp3) is 0.875. The largest absolute Gasteiger partial charge is 0.341 e. The number of likely N-dealkylation sites (tertiary alicyclic amines) is 2. The molecule has 0 atom stereocenters. The van der Waals surface area contributed by atoms with Gasteiger partial charge in [0.25, 0.3) is 0 Å². The highest BCUT2D eigenvalue weighted by atomic mass is 35.5. The summed E-state index contributed by atoms with van der Waals surface area (Å²) in [6, 6.07) is 0. The number of piperidine rings is 1. The lowest BCUT2D eigenvalue weighted by atomic mass is 9.96. The Labute approximate surface area is 140 Å². The smallest absolute Gasteiger partial charge is 0.242 e. The Morgan fingerprint density at radius 1 is 1.18 bits per heavy atom. The first-order valence-electron chi connectivity index (χ1n) is 8.47. The van der Waals surface area contributed by atoms with E-state index in [1.54, 1.807) is 4.90 Å². The van der Waals surface area contributed by atoms with Crippen LogP contribution in [0.1, 0.15) is 45.4 Å². The first-order valence-corrected chi connectivity index (χ1v) is 8.47. The van der Waals surface area contributed by atoms with E-state index in [1.807, 2.05) is 4.90 Å². The van der Waals surface area contributed by atoms with Crippen LogP contribution in [0.2, 0.25) is 0 Å². The highest BCUT2D eigenvalue weighted by Crippen LogP contribution is 2.17. The van der Waals surface area contributed by atoms with Crippen molar-refractivity contribution in [2.24, 2.45) is 5.92 Å². The molecule has 2 aliphatic heterocycles. The van der Waals surface area contributed by atoms with Crippen LogP contribution in [0.3, 0.4) is 0 Å². The van der Waals surface area contributed by atoms with Crippen molar-refractivity contribution in [3.05, 3.63) is 0 Å². The number of hydrogen-bond acceptors (Lipinski definition) is 3. The van der Waals surface area contributed by atoms with E-state index in [1.165, 1.54) is 0 Å². The van der Waals surface area contributed by atoms with Gasteiger partial charge in [-0.05, 0) is 44.7 Å². The first-order chi connectivity index (χ1) is 10.2. The predicted molar refractivity (Wildman–Crippen MR) is 90.1 cm³/mol. The molecule has 2 amide bonds. The maximum atomic E-state index is 12.4. The van der Waals surface area contributed by atoms with Crippen molar-refractivity contribution in [1.82, 2.24) is 15.1 Å². The van der Waals surface area contributed by atoms with Crippen LogP contribution >= 0.6 is 12.4 Å². The zero-order chi connectivity index (χ0) is 15.1. The monoisotopic (exact) mass is 331 g/mol. The quantitative estimate of drug-likeness (QED) is 0.833. The number of nitrogens with one attached hydrogen (secondary N) is 1. The number of carbonyl (C=O) groups is 2. The second-order valence-corrected chi connectivity index (χ2v) is 6.26. The van der Waals surface area contributed by atoms with Gasteiger partial charge in [0.05, 0.1) is 6.54 Å². The zero-order valence-corrected chi connectivity index (χ0v) is 14.5. The maximum Gasteiger partial charge on any atom is 0.242 e. The number of nitrogens with zero attached hydrogens (tertiary/aromatic N) is 2. The molecule has 0 spiro atoms. The van der Waals surface area contributed by atoms with Crippen molar-refractivity contribution in [3.63, 3.8) is 0 Å². The summed E-state index contributed by atoms with van der Waals surface area (Å²) in [5.74, 6) is 0.976. The fourth-order valence-corrected chi connectivity index (χ4v) is 3.20. The van der Waals surface area contributed by atoms with Gasteiger partial charge in [0, 0.05) is 26.1 Å². The van der Waals surface area contributed by atoms with Crippen molar-refractivity contribution < 1.29 is 9.59 Å². The number of amides is 2. The molecule has 5 nitrogen and oxygen atoms in total. The highest BCUT2D eigenvalue weighted by Gasteiger charge is 2.25. The van der Waals surface area contributed by atoms with Gasteiger partial charge in [-0.25, -0.2) is 0 Å². The molecule has 2 aliphatic rings. The molecule has 0 aromatic heterocycles. The molecule has 1 N–H and O–H groups in total. The normalized spacial score (nSPS) is 20.5. The van der Waals surface area contributed by atoms with Crippen molar-refractivity contribution in [2.45, 2.75) is 45.4 Å². The SMILES string of the molecule is CCNCC1CCN(C(=O)CN2CCCCCC2=O)CC1.Cl. The fourth-order valence-electron chi connectivity index (χ4n) is 3.20. The molecule has 128 valence electrons. The minimum atomic E-state index is 0.